The van der Waals surface area contributed by atoms with Crippen LogP contribution in [0, 0.1) is 5.92 Å². The highest BCUT2D eigenvalue weighted by molar-refractivity contribution is 6.05. The molecule has 1 unspecified atom stereocenters. The molecule has 4 rings (SSSR count). The van der Waals surface area contributed by atoms with Crippen molar-refractivity contribution in [1.29, 1.82) is 0 Å². The van der Waals surface area contributed by atoms with Crippen LogP contribution in [0.2, 0.25) is 0 Å². The fourth-order valence-electron chi connectivity index (χ4n) is 4.57. The van der Waals surface area contributed by atoms with Gasteiger partial charge in [-0.25, -0.2) is 4.98 Å². The molecule has 3 heterocycles. The van der Waals surface area contributed by atoms with Crippen LogP contribution in [0.15, 0.2) is 30.3 Å². The predicted molar refractivity (Wildman–Crippen MR) is 113 cm³/mol. The maximum Gasteiger partial charge on any atom is 0.294 e. The standard InChI is InChI=1S/C23H30N4O2/c1-3-26(18-11-5-4-6-12-18)23(29)21-24-20(19-13-7-8-15-27(19)21)22(28)25-14-9-10-17(2)16-25/h4-6,11-12,17H,3,7-10,13-16H2,1-2H3. The molecule has 2 aliphatic heterocycles. The summed E-state index contributed by atoms with van der Waals surface area (Å²) < 4.78 is 2.00. The van der Waals surface area contributed by atoms with Gasteiger partial charge >= 0.3 is 0 Å². The lowest BCUT2D eigenvalue weighted by atomic mass is 9.99. The molecule has 2 aliphatic rings. The summed E-state index contributed by atoms with van der Waals surface area (Å²) in [5.74, 6) is 0.775. The third-order valence-electron chi connectivity index (χ3n) is 6.09. The summed E-state index contributed by atoms with van der Waals surface area (Å²) >= 11 is 0. The molecule has 0 saturated carbocycles. The van der Waals surface area contributed by atoms with Crippen LogP contribution >= 0.6 is 0 Å². The summed E-state index contributed by atoms with van der Waals surface area (Å²) in [5.41, 5.74) is 2.28. The third kappa shape index (κ3) is 3.80. The molecule has 2 amide bonds. The summed E-state index contributed by atoms with van der Waals surface area (Å²) in [6.07, 6.45) is 5.05. The highest BCUT2D eigenvalue weighted by atomic mass is 16.2. The Kier molecular flexibility index (Phi) is 5.69. The molecule has 1 aromatic heterocycles. The van der Waals surface area contributed by atoms with Crippen LogP contribution < -0.4 is 4.90 Å². The number of amides is 2. The van der Waals surface area contributed by atoms with Gasteiger partial charge in [0.1, 0.15) is 5.69 Å². The van der Waals surface area contributed by atoms with E-state index >= 15 is 0 Å². The van der Waals surface area contributed by atoms with Crippen molar-refractivity contribution in [1.82, 2.24) is 14.5 Å². The van der Waals surface area contributed by atoms with Gasteiger partial charge in [0.05, 0.1) is 5.69 Å². The fourth-order valence-corrected chi connectivity index (χ4v) is 4.57. The Morgan fingerprint density at radius 2 is 1.93 bits per heavy atom. The summed E-state index contributed by atoms with van der Waals surface area (Å²) in [7, 11) is 0. The van der Waals surface area contributed by atoms with Crippen LogP contribution in [-0.2, 0) is 13.0 Å². The second kappa shape index (κ2) is 8.39. The lowest BCUT2D eigenvalue weighted by molar-refractivity contribution is 0.0676. The van der Waals surface area contributed by atoms with Crippen LogP contribution in [0.5, 0.6) is 0 Å². The van der Waals surface area contributed by atoms with Crippen molar-refractivity contribution in [3.05, 3.63) is 47.5 Å². The van der Waals surface area contributed by atoms with Gasteiger partial charge in [0.2, 0.25) is 5.82 Å². The first-order chi connectivity index (χ1) is 14.1. The molecular formula is C23H30N4O2. The van der Waals surface area contributed by atoms with E-state index in [2.05, 4.69) is 11.9 Å². The average molecular weight is 395 g/mol. The molecule has 6 heteroatoms. The number of likely N-dealkylation sites (tertiary alicyclic amines) is 1. The number of rotatable bonds is 4. The minimum atomic E-state index is -0.132. The van der Waals surface area contributed by atoms with Gasteiger partial charge in [0.15, 0.2) is 0 Å². The lowest BCUT2D eigenvalue weighted by Crippen LogP contribution is -2.39. The van der Waals surface area contributed by atoms with E-state index < -0.39 is 0 Å². The number of carbonyl (C=O) groups is 2. The predicted octanol–water partition coefficient (Wildman–Crippen LogP) is 3.76. The monoisotopic (exact) mass is 394 g/mol. The van der Waals surface area contributed by atoms with Crippen LogP contribution in [0.3, 0.4) is 0 Å². The van der Waals surface area contributed by atoms with Crippen molar-refractivity contribution in [2.45, 2.75) is 52.5 Å². The highest BCUT2D eigenvalue weighted by Gasteiger charge is 2.32. The number of hydrogen-bond donors (Lipinski definition) is 0. The second-order valence-corrected chi connectivity index (χ2v) is 8.22. The van der Waals surface area contributed by atoms with E-state index in [1.54, 1.807) is 4.90 Å². The Balaban J connectivity index is 1.69. The Hall–Kier alpha value is -2.63. The van der Waals surface area contributed by atoms with Gasteiger partial charge in [-0.1, -0.05) is 25.1 Å². The van der Waals surface area contributed by atoms with Crippen molar-refractivity contribution < 1.29 is 9.59 Å². The number of para-hydroxylation sites is 1. The van der Waals surface area contributed by atoms with Gasteiger partial charge in [-0.3, -0.25) is 9.59 Å². The second-order valence-electron chi connectivity index (χ2n) is 8.22. The Morgan fingerprint density at radius 3 is 2.66 bits per heavy atom. The molecule has 2 aromatic rings. The molecular weight excluding hydrogens is 364 g/mol. The molecule has 0 radical (unpaired) electrons. The minimum absolute atomic E-state index is 0.0102. The van der Waals surface area contributed by atoms with Gasteiger partial charge in [-0.05, 0) is 57.1 Å². The van der Waals surface area contributed by atoms with Gasteiger partial charge in [0, 0.05) is 31.9 Å². The highest BCUT2D eigenvalue weighted by Crippen LogP contribution is 2.26. The van der Waals surface area contributed by atoms with E-state index in [1.165, 1.54) is 0 Å². The molecule has 6 nitrogen and oxygen atoms in total. The summed E-state index contributed by atoms with van der Waals surface area (Å²) in [6, 6.07) is 9.67. The normalized spacial score (nSPS) is 19.0. The number of carbonyl (C=O) groups excluding carboxylic acids is 2. The van der Waals surface area contributed by atoms with E-state index in [0.717, 1.165) is 63.1 Å². The minimum Gasteiger partial charge on any atom is -0.337 e. The Morgan fingerprint density at radius 1 is 1.14 bits per heavy atom. The third-order valence-corrected chi connectivity index (χ3v) is 6.09. The molecule has 0 aliphatic carbocycles. The van der Waals surface area contributed by atoms with Gasteiger partial charge in [-0.15, -0.1) is 0 Å². The van der Waals surface area contributed by atoms with Gasteiger partial charge in [0.25, 0.3) is 11.8 Å². The van der Waals surface area contributed by atoms with Crippen LogP contribution in [0.4, 0.5) is 5.69 Å². The van der Waals surface area contributed by atoms with E-state index in [-0.39, 0.29) is 11.8 Å². The number of nitrogens with zero attached hydrogens (tertiary/aromatic N) is 4. The van der Waals surface area contributed by atoms with Crippen molar-refractivity contribution in [3.8, 4) is 0 Å². The van der Waals surface area contributed by atoms with Crippen molar-refractivity contribution in [3.63, 3.8) is 0 Å². The number of hydrogen-bond acceptors (Lipinski definition) is 3. The molecule has 154 valence electrons. The molecule has 1 aromatic carbocycles. The zero-order chi connectivity index (χ0) is 20.4. The zero-order valence-corrected chi connectivity index (χ0v) is 17.4. The van der Waals surface area contributed by atoms with E-state index in [0.29, 0.717) is 24.0 Å². The maximum atomic E-state index is 13.4. The first kappa shape index (κ1) is 19.7. The first-order valence-electron chi connectivity index (χ1n) is 10.9. The SMILES string of the molecule is CCN(C(=O)c1nc(C(=O)N2CCCC(C)C2)c2n1CCCC2)c1ccccc1. The van der Waals surface area contributed by atoms with E-state index in [9.17, 15) is 9.59 Å². The van der Waals surface area contributed by atoms with Crippen LogP contribution in [0.1, 0.15) is 66.3 Å². The van der Waals surface area contributed by atoms with Gasteiger partial charge < -0.3 is 14.4 Å². The molecule has 0 bridgehead atoms. The number of benzene rings is 1. The number of aromatic nitrogens is 2. The van der Waals surface area contributed by atoms with Gasteiger partial charge in [-0.2, -0.15) is 0 Å². The molecule has 0 spiro atoms. The zero-order valence-electron chi connectivity index (χ0n) is 17.4. The van der Waals surface area contributed by atoms with Crippen molar-refractivity contribution in [2.24, 2.45) is 5.92 Å². The number of anilines is 1. The Labute approximate surface area is 172 Å². The summed E-state index contributed by atoms with van der Waals surface area (Å²) in [6.45, 7) is 7.02. The van der Waals surface area contributed by atoms with E-state index in [1.807, 2.05) is 46.7 Å². The number of imidazole rings is 1. The number of fused-ring (bicyclic) bond motifs is 1. The average Bonchev–Trinajstić information content (AvgIpc) is 3.14. The largest absolute Gasteiger partial charge is 0.337 e. The Bertz CT molecular complexity index is 890. The summed E-state index contributed by atoms with van der Waals surface area (Å²) in [4.78, 5) is 35.0. The van der Waals surface area contributed by atoms with Crippen LogP contribution in [0.25, 0.3) is 0 Å². The topological polar surface area (TPSA) is 58.4 Å². The molecule has 29 heavy (non-hydrogen) atoms. The van der Waals surface area contributed by atoms with Crippen molar-refractivity contribution in [2.75, 3.05) is 24.5 Å². The quantitative estimate of drug-likeness (QED) is 0.793. The lowest BCUT2D eigenvalue weighted by Gasteiger charge is -2.30. The molecule has 1 atom stereocenters. The first-order valence-corrected chi connectivity index (χ1v) is 10.9. The molecule has 1 saturated heterocycles. The van der Waals surface area contributed by atoms with Crippen molar-refractivity contribution >= 4 is 17.5 Å². The summed E-state index contributed by atoms with van der Waals surface area (Å²) in [5, 5.41) is 0. The van der Waals surface area contributed by atoms with Crippen LogP contribution in [-0.4, -0.2) is 45.9 Å². The fraction of sp³-hybridized carbons (Fsp3) is 0.522. The smallest absolute Gasteiger partial charge is 0.294 e. The number of piperidine rings is 1. The molecule has 0 N–H and O–H groups in total. The molecule has 1 fully saturated rings. The maximum absolute atomic E-state index is 13.4. The van der Waals surface area contributed by atoms with E-state index in [4.69, 9.17) is 0 Å².